The molecule has 0 radical (unpaired) electrons. The first kappa shape index (κ1) is 6.75. The molecule has 1 aliphatic carbocycles. The van der Waals surface area contributed by atoms with E-state index in [0.29, 0.717) is 6.42 Å². The number of Topliss-reactive ketones (excluding diaryl/α,β-unsaturated/α-hetero) is 1. The molecule has 0 aliphatic heterocycles. The Morgan fingerprint density at radius 2 is 2.22 bits per heavy atom. The lowest BCUT2D eigenvalue weighted by Crippen LogP contribution is -2.07. The fourth-order valence-corrected chi connectivity index (χ4v) is 1.33. The highest BCUT2D eigenvalue weighted by Crippen LogP contribution is 2.25. The van der Waals surface area contributed by atoms with Crippen LogP contribution >= 0.6 is 0 Å². The minimum Gasteiger partial charge on any atom is -0.393 e. The molecule has 0 bridgehead atoms. The van der Waals surface area contributed by atoms with Gasteiger partial charge in [-0.2, -0.15) is 0 Å². The smallest absolute Gasteiger partial charge is 0.133 e. The maximum absolute atomic E-state index is 10.7. The zero-order chi connectivity index (χ0) is 6.85. The second-order valence-electron chi connectivity index (χ2n) is 2.77. The zero-order valence-corrected chi connectivity index (χ0v) is 5.63. The van der Waals surface area contributed by atoms with E-state index in [-0.39, 0.29) is 17.8 Å². The van der Waals surface area contributed by atoms with E-state index in [9.17, 15) is 4.79 Å². The third-order valence-electron chi connectivity index (χ3n) is 1.98. The van der Waals surface area contributed by atoms with Crippen LogP contribution in [0.4, 0.5) is 0 Å². The summed E-state index contributed by atoms with van der Waals surface area (Å²) in [4.78, 5) is 10.7. The number of rotatable bonds is 1. The lowest BCUT2D eigenvalue weighted by molar-refractivity contribution is -0.120. The maximum atomic E-state index is 10.7. The van der Waals surface area contributed by atoms with E-state index in [1.165, 1.54) is 0 Å². The van der Waals surface area contributed by atoms with Crippen molar-refractivity contribution < 1.29 is 9.90 Å². The summed E-state index contributed by atoms with van der Waals surface area (Å²) in [7, 11) is 0. The Balaban J connectivity index is 2.39. The number of carbonyl (C=O) groups excluding carboxylic acids is 1. The molecule has 52 valence electrons. The molecule has 2 heteroatoms. The SMILES string of the molecule is CC(=O)[C@H]1CC[C@@H](O)C1. The zero-order valence-electron chi connectivity index (χ0n) is 5.63. The molecule has 1 N–H and O–H groups in total. The van der Waals surface area contributed by atoms with Crippen LogP contribution in [0.1, 0.15) is 26.2 Å². The predicted molar refractivity (Wildman–Crippen MR) is 34.0 cm³/mol. The molecular weight excluding hydrogens is 116 g/mol. The number of hydrogen-bond donors (Lipinski definition) is 1. The van der Waals surface area contributed by atoms with Crippen LogP contribution in [0.25, 0.3) is 0 Å². The van der Waals surface area contributed by atoms with E-state index in [1.54, 1.807) is 6.92 Å². The van der Waals surface area contributed by atoms with Gasteiger partial charge >= 0.3 is 0 Å². The Hall–Kier alpha value is -0.370. The van der Waals surface area contributed by atoms with Gasteiger partial charge in [-0.3, -0.25) is 4.79 Å². The Bertz CT molecular complexity index is 120. The van der Waals surface area contributed by atoms with Gasteiger partial charge in [0.25, 0.3) is 0 Å². The molecule has 0 unspecified atom stereocenters. The quantitative estimate of drug-likeness (QED) is 0.565. The number of aliphatic hydroxyl groups excluding tert-OH is 1. The largest absolute Gasteiger partial charge is 0.393 e. The third kappa shape index (κ3) is 1.52. The van der Waals surface area contributed by atoms with Gasteiger partial charge in [0.05, 0.1) is 6.10 Å². The Morgan fingerprint density at radius 1 is 1.56 bits per heavy atom. The molecule has 1 fully saturated rings. The highest BCUT2D eigenvalue weighted by atomic mass is 16.3. The summed E-state index contributed by atoms with van der Waals surface area (Å²) >= 11 is 0. The van der Waals surface area contributed by atoms with E-state index in [2.05, 4.69) is 0 Å². The van der Waals surface area contributed by atoms with Crippen molar-refractivity contribution in [3.8, 4) is 0 Å². The van der Waals surface area contributed by atoms with Crippen molar-refractivity contribution in [3.63, 3.8) is 0 Å². The Labute approximate surface area is 54.9 Å². The van der Waals surface area contributed by atoms with Gasteiger partial charge in [-0.1, -0.05) is 0 Å². The number of hydrogen-bond acceptors (Lipinski definition) is 2. The molecule has 9 heavy (non-hydrogen) atoms. The molecule has 1 aliphatic rings. The molecule has 0 aromatic rings. The summed E-state index contributed by atoms with van der Waals surface area (Å²) in [5, 5.41) is 9.00. The third-order valence-corrected chi connectivity index (χ3v) is 1.98. The van der Waals surface area contributed by atoms with Crippen molar-refractivity contribution in [2.24, 2.45) is 5.92 Å². The average Bonchev–Trinajstić information content (AvgIpc) is 2.14. The van der Waals surface area contributed by atoms with Crippen LogP contribution in [0.3, 0.4) is 0 Å². The molecule has 0 amide bonds. The van der Waals surface area contributed by atoms with Crippen molar-refractivity contribution in [2.45, 2.75) is 32.3 Å². The molecule has 0 heterocycles. The summed E-state index contributed by atoms with van der Waals surface area (Å²) in [6.07, 6.45) is 2.18. The topological polar surface area (TPSA) is 37.3 Å². The van der Waals surface area contributed by atoms with Crippen molar-refractivity contribution in [2.75, 3.05) is 0 Å². The summed E-state index contributed by atoms with van der Waals surface area (Å²) in [6, 6.07) is 0. The summed E-state index contributed by atoms with van der Waals surface area (Å²) in [6.45, 7) is 1.60. The highest BCUT2D eigenvalue weighted by Gasteiger charge is 2.25. The monoisotopic (exact) mass is 128 g/mol. The predicted octanol–water partition coefficient (Wildman–Crippen LogP) is 0.736. The van der Waals surface area contributed by atoms with Crippen LogP contribution in [-0.2, 0) is 4.79 Å². The van der Waals surface area contributed by atoms with Crippen LogP contribution in [0.5, 0.6) is 0 Å². The van der Waals surface area contributed by atoms with E-state index in [4.69, 9.17) is 5.11 Å². The first-order chi connectivity index (χ1) is 4.20. The van der Waals surface area contributed by atoms with E-state index in [0.717, 1.165) is 12.8 Å². The van der Waals surface area contributed by atoms with Gasteiger partial charge in [0, 0.05) is 5.92 Å². The van der Waals surface area contributed by atoms with Crippen LogP contribution < -0.4 is 0 Å². The lowest BCUT2D eigenvalue weighted by Gasteiger charge is -2.01. The minimum atomic E-state index is -0.209. The fourth-order valence-electron chi connectivity index (χ4n) is 1.33. The highest BCUT2D eigenvalue weighted by molar-refractivity contribution is 5.78. The summed E-state index contributed by atoms with van der Waals surface area (Å²) in [5.74, 6) is 0.381. The molecule has 0 aromatic heterocycles. The van der Waals surface area contributed by atoms with E-state index in [1.807, 2.05) is 0 Å². The fraction of sp³-hybridized carbons (Fsp3) is 0.857. The van der Waals surface area contributed by atoms with Crippen LogP contribution in [-0.4, -0.2) is 17.0 Å². The molecule has 0 saturated heterocycles. The average molecular weight is 128 g/mol. The van der Waals surface area contributed by atoms with Gasteiger partial charge in [-0.05, 0) is 26.2 Å². The van der Waals surface area contributed by atoms with Gasteiger partial charge in [-0.15, -0.1) is 0 Å². The van der Waals surface area contributed by atoms with Crippen molar-refractivity contribution >= 4 is 5.78 Å². The molecule has 0 aromatic carbocycles. The van der Waals surface area contributed by atoms with Crippen molar-refractivity contribution in [1.29, 1.82) is 0 Å². The van der Waals surface area contributed by atoms with Gasteiger partial charge in [-0.25, -0.2) is 0 Å². The van der Waals surface area contributed by atoms with Crippen molar-refractivity contribution in [1.82, 2.24) is 0 Å². The van der Waals surface area contributed by atoms with Crippen LogP contribution in [0, 0.1) is 5.92 Å². The van der Waals surface area contributed by atoms with Crippen LogP contribution in [0.2, 0.25) is 0 Å². The van der Waals surface area contributed by atoms with Gasteiger partial charge in [0.15, 0.2) is 0 Å². The molecule has 1 saturated carbocycles. The first-order valence-electron chi connectivity index (χ1n) is 3.38. The maximum Gasteiger partial charge on any atom is 0.133 e. The molecular formula is C7H12O2. The van der Waals surface area contributed by atoms with Gasteiger partial charge < -0.3 is 5.11 Å². The minimum absolute atomic E-state index is 0.153. The Kier molecular flexibility index (Phi) is 1.86. The standard InChI is InChI=1S/C7H12O2/c1-5(8)6-2-3-7(9)4-6/h6-7,9H,2-4H2,1H3/t6-,7+/m0/s1. The molecule has 1 rings (SSSR count). The first-order valence-corrected chi connectivity index (χ1v) is 3.38. The number of ketones is 1. The second kappa shape index (κ2) is 2.48. The second-order valence-corrected chi connectivity index (χ2v) is 2.77. The van der Waals surface area contributed by atoms with Gasteiger partial charge in [0.1, 0.15) is 5.78 Å². The van der Waals surface area contributed by atoms with Crippen LogP contribution in [0.15, 0.2) is 0 Å². The summed E-state index contributed by atoms with van der Waals surface area (Å²) < 4.78 is 0. The van der Waals surface area contributed by atoms with Gasteiger partial charge in [0.2, 0.25) is 0 Å². The summed E-state index contributed by atoms with van der Waals surface area (Å²) in [5.41, 5.74) is 0. The van der Waals surface area contributed by atoms with E-state index >= 15 is 0 Å². The lowest BCUT2D eigenvalue weighted by atomic mass is 10.0. The number of carbonyl (C=O) groups is 1. The molecule has 2 atom stereocenters. The Morgan fingerprint density at radius 3 is 2.44 bits per heavy atom. The molecule has 2 nitrogen and oxygen atoms in total. The normalized spacial score (nSPS) is 34.9. The van der Waals surface area contributed by atoms with Crippen molar-refractivity contribution in [3.05, 3.63) is 0 Å². The van der Waals surface area contributed by atoms with E-state index < -0.39 is 0 Å². The number of aliphatic hydroxyl groups is 1. The molecule has 0 spiro atoms.